The van der Waals surface area contributed by atoms with E-state index in [9.17, 15) is 35.9 Å². The quantitative estimate of drug-likeness (QED) is 0.308. The van der Waals surface area contributed by atoms with Gasteiger partial charge in [0.15, 0.2) is 0 Å². The van der Waals surface area contributed by atoms with Crippen molar-refractivity contribution in [1.82, 2.24) is 14.8 Å². The van der Waals surface area contributed by atoms with Gasteiger partial charge in [-0.25, -0.2) is 0 Å². The number of hydrogen-bond acceptors (Lipinski definition) is 4. The van der Waals surface area contributed by atoms with Crippen LogP contribution in [0.3, 0.4) is 0 Å². The van der Waals surface area contributed by atoms with Crippen LogP contribution in [0, 0.1) is 0 Å². The molecule has 4 rings (SSSR count). The average molecular weight is 546 g/mol. The third-order valence-corrected chi connectivity index (χ3v) is 7.00. The van der Waals surface area contributed by atoms with Gasteiger partial charge in [-0.05, 0) is 56.5 Å². The fourth-order valence-corrected chi connectivity index (χ4v) is 5.32. The largest absolute Gasteiger partial charge is 0.456 e. The van der Waals surface area contributed by atoms with E-state index in [1.54, 1.807) is 35.2 Å². The number of amides is 1. The second kappa shape index (κ2) is 10.0. The van der Waals surface area contributed by atoms with Crippen LogP contribution in [0.4, 0.5) is 26.3 Å². The van der Waals surface area contributed by atoms with E-state index in [4.69, 9.17) is 4.74 Å². The number of nitrogens with one attached hydrogen (secondary N) is 1. The van der Waals surface area contributed by atoms with Gasteiger partial charge in [0, 0.05) is 36.4 Å². The molecule has 208 valence electrons. The Labute approximate surface area is 215 Å². The van der Waals surface area contributed by atoms with Crippen LogP contribution in [0.1, 0.15) is 65.2 Å². The molecule has 0 atom stereocenters. The Kier molecular flexibility index (Phi) is 7.43. The summed E-state index contributed by atoms with van der Waals surface area (Å²) in [5, 5.41) is 3.56. The number of fused-ring (bicyclic) bond motifs is 2. The van der Waals surface area contributed by atoms with Crippen LogP contribution in [-0.4, -0.2) is 58.7 Å². The minimum atomic E-state index is -4.97. The topological polar surface area (TPSA) is 63.6 Å². The van der Waals surface area contributed by atoms with Crippen molar-refractivity contribution in [2.45, 2.75) is 69.7 Å². The molecule has 2 aliphatic heterocycles. The van der Waals surface area contributed by atoms with Gasteiger partial charge in [-0.1, -0.05) is 12.1 Å². The van der Waals surface area contributed by atoms with Gasteiger partial charge in [0.2, 0.25) is 0 Å². The number of aromatic nitrogens is 1. The number of nitrogens with zero attached hydrogens (tertiary/aromatic N) is 2. The van der Waals surface area contributed by atoms with Crippen LogP contribution in [-0.2, 0) is 23.4 Å². The number of hydrogen-bond donors (Lipinski definition) is 1. The number of ketones is 1. The maximum Gasteiger partial charge on any atom is 0.456 e. The highest BCUT2D eigenvalue weighted by Gasteiger charge is 2.49. The number of likely N-dealkylation sites (tertiary alicyclic amines) is 1. The van der Waals surface area contributed by atoms with Gasteiger partial charge in [0.05, 0.1) is 30.9 Å². The number of rotatable bonds is 6. The van der Waals surface area contributed by atoms with Crippen LogP contribution < -0.4 is 5.32 Å². The average Bonchev–Trinajstić information content (AvgIpc) is 3.24. The van der Waals surface area contributed by atoms with Crippen molar-refractivity contribution in [3.05, 3.63) is 58.9 Å². The first-order valence-electron chi connectivity index (χ1n) is 12.2. The molecule has 0 unspecified atom stereocenters. The molecule has 2 aliphatic rings. The second-order valence-corrected chi connectivity index (χ2v) is 10.5. The maximum atomic E-state index is 13.2. The number of carbonyl (C=O) groups excluding carboxylic acids is 2. The predicted molar refractivity (Wildman–Crippen MR) is 126 cm³/mol. The number of Topliss-reactive ketones (excluding diaryl/α,β-unsaturated/α-hetero) is 1. The van der Waals surface area contributed by atoms with E-state index in [1.165, 1.54) is 10.6 Å². The summed E-state index contributed by atoms with van der Waals surface area (Å²) in [4.78, 5) is 26.8. The molecule has 0 saturated carbocycles. The highest BCUT2D eigenvalue weighted by atomic mass is 19.4. The summed E-state index contributed by atoms with van der Waals surface area (Å²) in [5.41, 5.74) is -0.0102. The van der Waals surface area contributed by atoms with Crippen molar-refractivity contribution in [2.75, 3.05) is 19.7 Å². The van der Waals surface area contributed by atoms with Crippen LogP contribution in [0.2, 0.25) is 0 Å². The summed E-state index contributed by atoms with van der Waals surface area (Å²) in [6.07, 6.45) is -9.40. The lowest BCUT2D eigenvalue weighted by Gasteiger charge is -2.51. The first-order chi connectivity index (χ1) is 17.6. The zero-order valence-corrected chi connectivity index (χ0v) is 21.0. The van der Waals surface area contributed by atoms with Crippen LogP contribution in [0.5, 0.6) is 0 Å². The molecule has 6 nitrogen and oxygen atoms in total. The van der Waals surface area contributed by atoms with Gasteiger partial charge >= 0.3 is 12.4 Å². The summed E-state index contributed by atoms with van der Waals surface area (Å²) < 4.78 is 82.7. The Morgan fingerprint density at radius 1 is 0.974 bits per heavy atom. The van der Waals surface area contributed by atoms with Gasteiger partial charge < -0.3 is 14.2 Å². The fourth-order valence-electron chi connectivity index (χ4n) is 5.32. The number of ether oxygens (including phenoxy) is 1. The van der Waals surface area contributed by atoms with Gasteiger partial charge in [-0.15, -0.1) is 0 Å². The first kappa shape index (κ1) is 28.2. The summed E-state index contributed by atoms with van der Waals surface area (Å²) >= 11 is 0. The predicted octanol–water partition coefficient (Wildman–Crippen LogP) is 5.22. The van der Waals surface area contributed by atoms with E-state index >= 15 is 0 Å². The molecule has 0 aliphatic carbocycles. The SMILES string of the molecule is CC1(C)Cn2c(C(=O)C(F)(F)F)ccc2C2(CCN(C(=O)c3ccc(COCCC(F)(F)F)cc3)CC2)N1. The first-order valence-corrected chi connectivity index (χ1v) is 12.2. The molecule has 1 saturated heterocycles. The van der Waals surface area contributed by atoms with E-state index in [-0.39, 0.29) is 24.8 Å². The van der Waals surface area contributed by atoms with E-state index in [0.717, 1.165) is 0 Å². The molecule has 2 aromatic rings. The molecule has 1 aromatic heterocycles. The molecule has 12 heteroatoms. The van der Waals surface area contributed by atoms with E-state index in [2.05, 4.69) is 5.32 Å². The molecule has 0 radical (unpaired) electrons. The Hall–Kier alpha value is -2.86. The van der Waals surface area contributed by atoms with E-state index in [0.29, 0.717) is 42.8 Å². The zero-order valence-electron chi connectivity index (χ0n) is 21.0. The highest BCUT2D eigenvalue weighted by Crippen LogP contribution is 2.41. The molecule has 1 aromatic carbocycles. The van der Waals surface area contributed by atoms with Gasteiger partial charge in [0.1, 0.15) is 0 Å². The summed E-state index contributed by atoms with van der Waals surface area (Å²) in [6, 6.07) is 9.23. The summed E-state index contributed by atoms with van der Waals surface area (Å²) in [7, 11) is 0. The molecule has 1 amide bonds. The normalized spacial score (nSPS) is 18.9. The molecule has 1 fully saturated rings. The van der Waals surface area contributed by atoms with Crippen molar-refractivity contribution >= 4 is 11.7 Å². The number of alkyl halides is 6. The van der Waals surface area contributed by atoms with Crippen LogP contribution in [0.15, 0.2) is 36.4 Å². The standard InChI is InChI=1S/C26H29F6N3O3/c1-23(2)16-35-19(21(36)26(30,31)32)7-8-20(35)24(33-23)9-12-34(13-10-24)22(37)18-5-3-17(4-6-18)15-38-14-11-25(27,28)29/h3-8,33H,9-16H2,1-2H3. The Balaban J connectivity index is 1.42. The number of halogens is 6. The van der Waals surface area contributed by atoms with Crippen molar-refractivity contribution in [3.8, 4) is 0 Å². The smallest absolute Gasteiger partial charge is 0.376 e. The van der Waals surface area contributed by atoms with E-state index < -0.39 is 42.2 Å². The Morgan fingerprint density at radius 2 is 1.61 bits per heavy atom. The minimum Gasteiger partial charge on any atom is -0.376 e. The number of carbonyl (C=O) groups is 2. The zero-order chi connectivity index (χ0) is 27.9. The van der Waals surface area contributed by atoms with Crippen LogP contribution in [0.25, 0.3) is 0 Å². The van der Waals surface area contributed by atoms with Crippen molar-refractivity contribution in [3.63, 3.8) is 0 Å². The summed E-state index contributed by atoms with van der Waals surface area (Å²) in [6.45, 7) is 4.17. The third-order valence-electron chi connectivity index (χ3n) is 7.00. The Bertz CT molecular complexity index is 1180. The molecule has 1 spiro atoms. The molecular weight excluding hydrogens is 516 g/mol. The number of piperidine rings is 1. The number of benzene rings is 1. The minimum absolute atomic E-state index is 0.00326. The molecule has 0 bridgehead atoms. The Morgan fingerprint density at radius 3 is 2.18 bits per heavy atom. The van der Waals surface area contributed by atoms with Crippen LogP contribution >= 0.6 is 0 Å². The highest BCUT2D eigenvalue weighted by molar-refractivity contribution is 5.99. The fraction of sp³-hybridized carbons (Fsp3) is 0.538. The molecule has 1 N–H and O–H groups in total. The molecule has 3 heterocycles. The summed E-state index contributed by atoms with van der Waals surface area (Å²) in [5.74, 6) is -2.10. The van der Waals surface area contributed by atoms with Crippen molar-refractivity contribution in [2.24, 2.45) is 0 Å². The maximum absolute atomic E-state index is 13.2. The lowest BCUT2D eigenvalue weighted by atomic mass is 9.79. The molecule has 38 heavy (non-hydrogen) atoms. The van der Waals surface area contributed by atoms with Crippen molar-refractivity contribution < 1.29 is 40.7 Å². The van der Waals surface area contributed by atoms with Gasteiger partial charge in [0.25, 0.3) is 11.7 Å². The lowest BCUT2D eigenvalue weighted by molar-refractivity contribution is -0.146. The van der Waals surface area contributed by atoms with Gasteiger partial charge in [-0.3, -0.25) is 14.9 Å². The third kappa shape index (κ3) is 6.06. The van der Waals surface area contributed by atoms with Crippen molar-refractivity contribution in [1.29, 1.82) is 0 Å². The lowest BCUT2D eigenvalue weighted by Crippen LogP contribution is -2.63. The van der Waals surface area contributed by atoms with Gasteiger partial charge in [-0.2, -0.15) is 26.3 Å². The van der Waals surface area contributed by atoms with E-state index in [1.807, 2.05) is 13.8 Å². The monoisotopic (exact) mass is 545 g/mol. The second-order valence-electron chi connectivity index (χ2n) is 10.5. The molecular formula is C26H29F6N3O3.